The van der Waals surface area contributed by atoms with Gasteiger partial charge in [0.25, 0.3) is 0 Å². The molecule has 26 heavy (non-hydrogen) atoms. The van der Waals surface area contributed by atoms with Crippen LogP contribution >= 0.6 is 0 Å². The van der Waals surface area contributed by atoms with Crippen LogP contribution < -0.4 is 9.64 Å². The fourth-order valence-electron chi connectivity index (χ4n) is 3.86. The van der Waals surface area contributed by atoms with Crippen LogP contribution in [0.15, 0.2) is 48.5 Å². The van der Waals surface area contributed by atoms with E-state index in [4.69, 9.17) is 4.74 Å². The van der Waals surface area contributed by atoms with Crippen molar-refractivity contribution < 1.29 is 9.53 Å². The molecule has 1 aliphatic heterocycles. The lowest BCUT2D eigenvalue weighted by molar-refractivity contribution is -0.123. The maximum Gasteiger partial charge on any atom is 0.244 e. The fraction of sp³-hybridized carbons (Fsp3) is 0.409. The number of hydrogen-bond donors (Lipinski definition) is 0. The summed E-state index contributed by atoms with van der Waals surface area (Å²) < 4.78 is 5.25. The molecule has 0 saturated heterocycles. The van der Waals surface area contributed by atoms with Gasteiger partial charge in [0.05, 0.1) is 13.2 Å². The molecule has 1 saturated carbocycles. The molecular weight excluding hydrogens is 324 g/mol. The molecule has 2 aromatic carbocycles. The Labute approximate surface area is 155 Å². The number of carbonyl (C=O) groups excluding carboxylic acids is 1. The van der Waals surface area contributed by atoms with E-state index in [1.54, 1.807) is 7.11 Å². The minimum Gasteiger partial charge on any atom is -0.497 e. The van der Waals surface area contributed by atoms with Gasteiger partial charge in [0.2, 0.25) is 5.91 Å². The van der Waals surface area contributed by atoms with Crippen molar-refractivity contribution >= 4 is 11.6 Å². The van der Waals surface area contributed by atoms with E-state index in [1.165, 1.54) is 24.0 Å². The molecule has 1 fully saturated rings. The van der Waals surface area contributed by atoms with E-state index in [0.717, 1.165) is 30.9 Å². The molecule has 2 aliphatic rings. The summed E-state index contributed by atoms with van der Waals surface area (Å²) in [4.78, 5) is 17.6. The summed E-state index contributed by atoms with van der Waals surface area (Å²) >= 11 is 0. The molecule has 1 heterocycles. The van der Waals surface area contributed by atoms with Gasteiger partial charge < -0.3 is 9.64 Å². The van der Waals surface area contributed by atoms with E-state index in [2.05, 4.69) is 42.2 Å². The Kier molecular flexibility index (Phi) is 4.68. The van der Waals surface area contributed by atoms with Gasteiger partial charge in [0, 0.05) is 24.8 Å². The fourth-order valence-corrected chi connectivity index (χ4v) is 3.86. The molecule has 1 amide bonds. The maximum absolute atomic E-state index is 13.2. The topological polar surface area (TPSA) is 32.8 Å². The molecule has 1 aliphatic carbocycles. The normalized spacial score (nSPS) is 17.3. The number of anilines is 1. The number of rotatable bonds is 6. The van der Waals surface area contributed by atoms with Gasteiger partial charge >= 0.3 is 0 Å². The third kappa shape index (κ3) is 3.34. The average molecular weight is 350 g/mol. The van der Waals surface area contributed by atoms with Crippen molar-refractivity contribution in [3.63, 3.8) is 0 Å². The lowest BCUT2D eigenvalue weighted by Crippen LogP contribution is -2.47. The zero-order valence-electron chi connectivity index (χ0n) is 15.5. The minimum absolute atomic E-state index is 0.115. The summed E-state index contributed by atoms with van der Waals surface area (Å²) in [7, 11) is 1.68. The van der Waals surface area contributed by atoms with Crippen LogP contribution in [0.1, 0.15) is 30.9 Å². The number of ether oxygens (including phenoxy) is 1. The van der Waals surface area contributed by atoms with Crippen molar-refractivity contribution in [2.45, 2.75) is 44.8 Å². The zero-order chi connectivity index (χ0) is 18.1. The highest BCUT2D eigenvalue weighted by Crippen LogP contribution is 2.33. The highest BCUT2D eigenvalue weighted by molar-refractivity contribution is 5.98. The molecule has 136 valence electrons. The number of amides is 1. The molecule has 4 heteroatoms. The molecule has 0 unspecified atom stereocenters. The van der Waals surface area contributed by atoms with Crippen LogP contribution in [-0.2, 0) is 17.8 Å². The Morgan fingerprint density at radius 2 is 1.92 bits per heavy atom. The first-order chi connectivity index (χ1) is 12.7. The first-order valence-corrected chi connectivity index (χ1v) is 9.45. The van der Waals surface area contributed by atoms with Crippen molar-refractivity contribution in [3.8, 4) is 5.75 Å². The molecule has 4 nitrogen and oxygen atoms in total. The van der Waals surface area contributed by atoms with E-state index in [0.29, 0.717) is 6.04 Å². The van der Waals surface area contributed by atoms with Gasteiger partial charge in [-0.25, -0.2) is 0 Å². The van der Waals surface area contributed by atoms with E-state index in [9.17, 15) is 4.79 Å². The van der Waals surface area contributed by atoms with Crippen LogP contribution in [0.25, 0.3) is 0 Å². The van der Waals surface area contributed by atoms with E-state index in [-0.39, 0.29) is 11.9 Å². The monoisotopic (exact) mass is 350 g/mol. The number of methoxy groups -OCH3 is 1. The Morgan fingerprint density at radius 3 is 2.62 bits per heavy atom. The van der Waals surface area contributed by atoms with E-state index in [1.807, 2.05) is 23.1 Å². The standard InChI is InChI=1S/C22H26N2O2/c1-16(22(25)23-14-13-18-5-3-4-6-21(18)23)24(19-9-10-19)15-17-7-11-20(26-2)12-8-17/h3-8,11-12,16,19H,9-10,13-15H2,1-2H3/t16-/m1/s1. The third-order valence-corrected chi connectivity index (χ3v) is 5.55. The molecule has 0 radical (unpaired) electrons. The Morgan fingerprint density at radius 1 is 1.19 bits per heavy atom. The summed E-state index contributed by atoms with van der Waals surface area (Å²) in [5, 5.41) is 0. The summed E-state index contributed by atoms with van der Waals surface area (Å²) in [5.41, 5.74) is 3.59. The van der Waals surface area contributed by atoms with Gasteiger partial charge in [-0.2, -0.15) is 0 Å². The molecule has 1 atom stereocenters. The van der Waals surface area contributed by atoms with Gasteiger partial charge in [-0.05, 0) is 55.5 Å². The molecule has 2 aromatic rings. The molecule has 0 spiro atoms. The highest BCUT2D eigenvalue weighted by Gasteiger charge is 2.38. The first-order valence-electron chi connectivity index (χ1n) is 9.45. The van der Waals surface area contributed by atoms with Crippen LogP contribution in [0.5, 0.6) is 5.75 Å². The van der Waals surface area contributed by atoms with Crippen LogP contribution in [0.4, 0.5) is 5.69 Å². The van der Waals surface area contributed by atoms with Crippen LogP contribution in [0, 0.1) is 0 Å². The van der Waals surface area contributed by atoms with Crippen LogP contribution in [-0.4, -0.2) is 36.5 Å². The van der Waals surface area contributed by atoms with Gasteiger partial charge in [0.15, 0.2) is 0 Å². The lowest BCUT2D eigenvalue weighted by atomic mass is 10.1. The molecular formula is C22H26N2O2. The average Bonchev–Trinajstić information content (AvgIpc) is 3.44. The summed E-state index contributed by atoms with van der Waals surface area (Å²) in [6, 6.07) is 16.8. The SMILES string of the molecule is COc1ccc(CN(C2CC2)[C@H](C)C(=O)N2CCc3ccccc32)cc1. The van der Waals surface area contributed by atoms with Crippen molar-refractivity contribution in [2.75, 3.05) is 18.6 Å². The first kappa shape index (κ1) is 17.1. The van der Waals surface area contributed by atoms with Gasteiger partial charge in [-0.15, -0.1) is 0 Å². The molecule has 0 aromatic heterocycles. The van der Waals surface area contributed by atoms with E-state index >= 15 is 0 Å². The van der Waals surface area contributed by atoms with Crippen molar-refractivity contribution in [2.24, 2.45) is 0 Å². The van der Waals surface area contributed by atoms with Crippen molar-refractivity contribution in [1.82, 2.24) is 4.90 Å². The minimum atomic E-state index is -0.115. The zero-order valence-corrected chi connectivity index (χ0v) is 15.5. The predicted molar refractivity (Wildman–Crippen MR) is 104 cm³/mol. The molecule has 4 rings (SSSR count). The Hall–Kier alpha value is -2.33. The quantitative estimate of drug-likeness (QED) is 0.797. The Balaban J connectivity index is 1.50. The number of carbonyl (C=O) groups is 1. The van der Waals surface area contributed by atoms with Crippen LogP contribution in [0.2, 0.25) is 0 Å². The number of benzene rings is 2. The molecule has 0 N–H and O–H groups in total. The second kappa shape index (κ2) is 7.12. The van der Waals surface area contributed by atoms with Crippen molar-refractivity contribution in [1.29, 1.82) is 0 Å². The second-order valence-electron chi connectivity index (χ2n) is 7.30. The van der Waals surface area contributed by atoms with Gasteiger partial charge in [-0.1, -0.05) is 30.3 Å². The van der Waals surface area contributed by atoms with Gasteiger partial charge in [0.1, 0.15) is 5.75 Å². The smallest absolute Gasteiger partial charge is 0.244 e. The summed E-state index contributed by atoms with van der Waals surface area (Å²) in [6.45, 7) is 3.66. The number of fused-ring (bicyclic) bond motifs is 1. The molecule has 0 bridgehead atoms. The summed E-state index contributed by atoms with van der Waals surface area (Å²) in [6.07, 6.45) is 3.32. The van der Waals surface area contributed by atoms with E-state index < -0.39 is 0 Å². The van der Waals surface area contributed by atoms with Crippen LogP contribution in [0.3, 0.4) is 0 Å². The third-order valence-electron chi connectivity index (χ3n) is 5.55. The predicted octanol–water partition coefficient (Wildman–Crippen LogP) is 3.64. The second-order valence-corrected chi connectivity index (χ2v) is 7.30. The number of para-hydroxylation sites is 1. The lowest BCUT2D eigenvalue weighted by Gasteiger charge is -2.31. The Bertz CT molecular complexity index is 783. The maximum atomic E-state index is 13.2. The number of hydrogen-bond acceptors (Lipinski definition) is 3. The number of nitrogens with zero attached hydrogens (tertiary/aromatic N) is 2. The largest absolute Gasteiger partial charge is 0.497 e. The summed E-state index contributed by atoms with van der Waals surface area (Å²) in [5.74, 6) is 1.08. The van der Waals surface area contributed by atoms with Gasteiger partial charge in [-0.3, -0.25) is 9.69 Å². The van der Waals surface area contributed by atoms with Crippen molar-refractivity contribution in [3.05, 3.63) is 59.7 Å². The highest BCUT2D eigenvalue weighted by atomic mass is 16.5.